The van der Waals surface area contributed by atoms with Gasteiger partial charge in [0, 0.05) is 17.8 Å². The molecule has 0 atom stereocenters. The van der Waals surface area contributed by atoms with Gasteiger partial charge in [0.15, 0.2) is 0 Å². The number of hydrogen-bond acceptors (Lipinski definition) is 6. The van der Waals surface area contributed by atoms with Crippen LogP contribution in [0.4, 0.5) is 0 Å². The lowest BCUT2D eigenvalue weighted by Crippen LogP contribution is -2.41. The van der Waals surface area contributed by atoms with Crippen molar-refractivity contribution in [2.45, 2.75) is 89.9 Å². The van der Waals surface area contributed by atoms with Gasteiger partial charge in [0.2, 0.25) is 0 Å². The van der Waals surface area contributed by atoms with E-state index in [2.05, 4.69) is 37.6 Å². The summed E-state index contributed by atoms with van der Waals surface area (Å²) in [4.78, 5) is 0. The fraction of sp³-hybridized carbons (Fsp3) is 1.00. The molecule has 0 saturated carbocycles. The van der Waals surface area contributed by atoms with Crippen molar-refractivity contribution in [1.82, 2.24) is 0 Å². The highest BCUT2D eigenvalue weighted by Gasteiger charge is 2.15. The Morgan fingerprint density at radius 2 is 0.971 bits per heavy atom. The van der Waals surface area contributed by atoms with Crippen molar-refractivity contribution in [1.29, 1.82) is 0 Å². The minimum atomic E-state index is -3.81. The third-order valence-electron chi connectivity index (χ3n) is 6.51. The van der Waals surface area contributed by atoms with Gasteiger partial charge in [-0.15, -0.1) is 4.33 Å². The second-order valence-corrected chi connectivity index (χ2v) is 13.3. The maximum absolute atomic E-state index is 10.8. The zero-order valence-electron chi connectivity index (χ0n) is 22.4. The predicted molar refractivity (Wildman–Crippen MR) is 142 cm³/mol. The minimum Gasteiger partial charge on any atom is -0.328 e. The molecule has 0 fully saturated rings. The van der Waals surface area contributed by atoms with Gasteiger partial charge < -0.3 is 8.97 Å². The van der Waals surface area contributed by atoms with Crippen molar-refractivity contribution in [2.24, 2.45) is 0 Å². The molecule has 0 rings (SSSR count). The van der Waals surface area contributed by atoms with Crippen LogP contribution in [0, 0.1) is 0 Å². The summed E-state index contributed by atoms with van der Waals surface area (Å²) in [6.07, 6.45) is 16.8. The maximum Gasteiger partial charge on any atom is 0.264 e. The van der Waals surface area contributed by atoms with E-state index in [4.69, 9.17) is 9.81 Å². The molecule has 0 heterocycles. The highest BCUT2D eigenvalue weighted by Crippen LogP contribution is 2.14. The highest BCUT2D eigenvalue weighted by molar-refractivity contribution is 7.94. The van der Waals surface area contributed by atoms with Crippen molar-refractivity contribution in [3.8, 4) is 0 Å². The van der Waals surface area contributed by atoms with Crippen molar-refractivity contribution in [3.63, 3.8) is 0 Å². The van der Waals surface area contributed by atoms with Crippen molar-refractivity contribution >= 4 is 22.2 Å². The Kier molecular flexibility index (Phi) is 20.2. The van der Waals surface area contributed by atoms with Crippen LogP contribution in [0.3, 0.4) is 0 Å². The maximum atomic E-state index is 10.8. The zero-order valence-corrected chi connectivity index (χ0v) is 24.0. The van der Waals surface area contributed by atoms with Crippen LogP contribution in [0.2, 0.25) is 0 Å². The average molecular weight is 531 g/mol. The van der Waals surface area contributed by atoms with Crippen LogP contribution >= 0.6 is 12.0 Å². The minimum absolute atomic E-state index is 0.121. The lowest BCUT2D eigenvalue weighted by molar-refractivity contribution is -0.890. The van der Waals surface area contributed by atoms with E-state index >= 15 is 0 Å². The van der Waals surface area contributed by atoms with E-state index in [1.165, 1.54) is 77.3 Å². The van der Waals surface area contributed by atoms with Crippen LogP contribution in [-0.2, 0) is 19.5 Å². The molecule has 0 aliphatic rings. The van der Waals surface area contributed by atoms with E-state index in [-0.39, 0.29) is 5.75 Å². The Morgan fingerprint density at radius 3 is 1.35 bits per heavy atom. The second-order valence-electron chi connectivity index (χ2n) is 11.0. The van der Waals surface area contributed by atoms with E-state index in [0.717, 1.165) is 59.1 Å². The molecule has 34 heavy (non-hydrogen) atoms. The molecule has 0 amide bonds. The summed E-state index contributed by atoms with van der Waals surface area (Å²) in [6.45, 7) is 4.50. The molecule has 0 spiro atoms. The smallest absolute Gasteiger partial charge is 0.264 e. The summed E-state index contributed by atoms with van der Waals surface area (Å²) in [5.74, 6) is 0.712. The Hall–Kier alpha value is 0.0600. The van der Waals surface area contributed by atoms with Crippen molar-refractivity contribution in [2.75, 3.05) is 65.9 Å². The number of rotatable bonds is 25. The highest BCUT2D eigenvalue weighted by atomic mass is 32.2. The van der Waals surface area contributed by atoms with Gasteiger partial charge in [0.05, 0.1) is 60.1 Å². The van der Waals surface area contributed by atoms with E-state index in [0.29, 0.717) is 6.42 Å². The molecule has 0 saturated heterocycles. The molecule has 0 radical (unpaired) electrons. The first kappa shape index (κ1) is 34.1. The molecule has 10 heteroatoms. The molecule has 0 aliphatic heterocycles. The van der Waals surface area contributed by atoms with Gasteiger partial charge in [-0.3, -0.25) is 4.55 Å². The molecular weight excluding hydrogens is 476 g/mol. The van der Waals surface area contributed by atoms with E-state index in [1.54, 1.807) is 0 Å². The normalized spacial score (nSPS) is 13.0. The van der Waals surface area contributed by atoms with Crippen LogP contribution in [0.1, 0.15) is 89.9 Å². The summed E-state index contributed by atoms with van der Waals surface area (Å²) in [7, 11) is 5.22. The number of hydrogen-bond donors (Lipinski definition) is 2. The van der Waals surface area contributed by atoms with Gasteiger partial charge in [-0.2, -0.15) is 8.42 Å². The molecule has 2 N–H and O–H groups in total. The Morgan fingerprint density at radius 1 is 0.618 bits per heavy atom. The first-order valence-electron chi connectivity index (χ1n) is 13.2. The SMILES string of the molecule is C[N+](C)(CCCCCCCCCCCC[N+](C)(C)CCCCS(=O)(=O)O)CCCCSOOO. The van der Waals surface area contributed by atoms with Crippen LogP contribution in [0.25, 0.3) is 0 Å². The topological polar surface area (TPSA) is 93.1 Å². The number of unbranched alkanes of at least 4 members (excludes halogenated alkanes) is 11. The number of nitrogens with zero attached hydrogens (tertiary/aromatic N) is 2. The summed E-state index contributed by atoms with van der Waals surface area (Å²) in [5.41, 5.74) is 0. The molecule has 0 aliphatic carbocycles. The molecule has 8 nitrogen and oxygen atoms in total. The van der Waals surface area contributed by atoms with E-state index in [9.17, 15) is 8.42 Å². The van der Waals surface area contributed by atoms with Gasteiger partial charge in [-0.05, 0) is 51.4 Å². The fourth-order valence-corrected chi connectivity index (χ4v) is 5.30. The third-order valence-corrected chi connectivity index (χ3v) is 7.93. The molecular formula is C24H54N2O6S2+2. The van der Waals surface area contributed by atoms with Gasteiger partial charge in [0.1, 0.15) is 0 Å². The lowest BCUT2D eigenvalue weighted by Gasteiger charge is -2.30. The average Bonchev–Trinajstić information content (AvgIpc) is 2.74. The van der Waals surface area contributed by atoms with Crippen LogP contribution in [0.15, 0.2) is 0 Å². The molecule has 0 unspecified atom stereocenters. The third kappa shape index (κ3) is 25.2. The van der Waals surface area contributed by atoms with Crippen molar-refractivity contribution in [3.05, 3.63) is 0 Å². The molecule has 0 aromatic heterocycles. The Labute approximate surface area is 214 Å². The molecule has 0 aromatic carbocycles. The summed E-state index contributed by atoms with van der Waals surface area (Å²) in [6, 6.07) is 0. The van der Waals surface area contributed by atoms with E-state index < -0.39 is 10.1 Å². The quantitative estimate of drug-likeness (QED) is 0.0399. The van der Waals surface area contributed by atoms with Crippen LogP contribution in [-0.4, -0.2) is 93.1 Å². The largest absolute Gasteiger partial charge is 0.328 e. The van der Waals surface area contributed by atoms with Gasteiger partial charge in [0.25, 0.3) is 10.1 Å². The summed E-state index contributed by atoms with van der Waals surface area (Å²) >= 11 is 1.14. The van der Waals surface area contributed by atoms with Gasteiger partial charge in [-0.25, -0.2) is 5.26 Å². The van der Waals surface area contributed by atoms with Gasteiger partial charge in [-0.1, -0.05) is 43.6 Å². The second kappa shape index (κ2) is 20.2. The number of quaternary nitrogens is 2. The van der Waals surface area contributed by atoms with E-state index in [1.807, 2.05) is 0 Å². The molecule has 206 valence electrons. The Bertz CT molecular complexity index is 574. The first-order valence-corrected chi connectivity index (χ1v) is 15.7. The first-order chi connectivity index (χ1) is 16.0. The van der Waals surface area contributed by atoms with Crippen LogP contribution in [0.5, 0.6) is 0 Å². The fourth-order valence-electron chi connectivity index (χ4n) is 4.30. The van der Waals surface area contributed by atoms with Gasteiger partial charge >= 0.3 is 0 Å². The zero-order chi connectivity index (χ0) is 25.8. The summed E-state index contributed by atoms with van der Waals surface area (Å²) < 4.78 is 36.7. The standard InChI is InChI=1S/C24H52N2O6S2/c1-25(2,21-15-17-23-33-32-31-27)19-13-11-9-7-5-6-8-10-12-14-20-26(3,4)22-16-18-24-34(28,29)30/h5-24H2,1-4H3/p+2. The monoisotopic (exact) mass is 530 g/mol. The molecule has 0 bridgehead atoms. The Balaban J connectivity index is 3.48. The van der Waals surface area contributed by atoms with Crippen LogP contribution < -0.4 is 0 Å². The predicted octanol–water partition coefficient (Wildman–Crippen LogP) is 5.56. The van der Waals surface area contributed by atoms with Crippen molar-refractivity contribution < 1.29 is 36.6 Å². The summed E-state index contributed by atoms with van der Waals surface area (Å²) in [5, 5.41) is 11.7. The molecule has 0 aromatic rings. The lowest BCUT2D eigenvalue weighted by atomic mass is 10.1.